The molecule has 0 saturated carbocycles. The van der Waals surface area contributed by atoms with E-state index in [1.807, 2.05) is 19.1 Å². The first kappa shape index (κ1) is 14.3. The minimum absolute atomic E-state index is 0.0996. The molecule has 2 atom stereocenters. The van der Waals surface area contributed by atoms with Gasteiger partial charge in [0.1, 0.15) is 5.82 Å². The lowest BCUT2D eigenvalue weighted by molar-refractivity contribution is 0.387. The Kier molecular flexibility index (Phi) is 4.81. The summed E-state index contributed by atoms with van der Waals surface area (Å²) in [6.45, 7) is 9.40. The lowest BCUT2D eigenvalue weighted by Crippen LogP contribution is -2.43. The van der Waals surface area contributed by atoms with Crippen molar-refractivity contribution in [3.63, 3.8) is 0 Å². The van der Waals surface area contributed by atoms with Crippen LogP contribution < -0.4 is 10.2 Å². The van der Waals surface area contributed by atoms with Crippen LogP contribution in [0.15, 0.2) is 18.2 Å². The van der Waals surface area contributed by atoms with E-state index in [2.05, 4.69) is 24.1 Å². The minimum Gasteiger partial charge on any atom is -0.371 e. The fraction of sp³-hybridized carbons (Fsp3) is 0.625. The molecule has 1 aromatic rings. The van der Waals surface area contributed by atoms with Crippen molar-refractivity contribution in [1.29, 1.82) is 0 Å². The zero-order valence-electron chi connectivity index (χ0n) is 12.2. The van der Waals surface area contributed by atoms with Crippen LogP contribution in [0, 0.1) is 18.7 Å². The molecule has 1 aromatic carbocycles. The van der Waals surface area contributed by atoms with Crippen LogP contribution in [0.1, 0.15) is 32.3 Å². The van der Waals surface area contributed by atoms with E-state index in [0.717, 1.165) is 43.7 Å². The fourth-order valence-corrected chi connectivity index (χ4v) is 2.82. The lowest BCUT2D eigenvalue weighted by Gasteiger charge is -2.34. The van der Waals surface area contributed by atoms with Gasteiger partial charge in [-0.05, 0) is 44.4 Å². The highest BCUT2D eigenvalue weighted by molar-refractivity contribution is 5.53. The Morgan fingerprint density at radius 1 is 1.42 bits per heavy atom. The number of nitrogens with one attached hydrogen (secondary N) is 1. The summed E-state index contributed by atoms with van der Waals surface area (Å²) in [5, 5.41) is 3.62. The Bertz CT molecular complexity index is 419. The first-order chi connectivity index (χ1) is 9.11. The Morgan fingerprint density at radius 3 is 2.95 bits per heavy atom. The summed E-state index contributed by atoms with van der Waals surface area (Å²) >= 11 is 0. The molecule has 0 aromatic heterocycles. The van der Waals surface area contributed by atoms with Crippen molar-refractivity contribution in [2.24, 2.45) is 5.92 Å². The predicted octanol–water partition coefficient (Wildman–Crippen LogP) is 3.35. The van der Waals surface area contributed by atoms with Gasteiger partial charge in [0.25, 0.3) is 0 Å². The van der Waals surface area contributed by atoms with Crippen molar-refractivity contribution >= 4 is 5.69 Å². The second-order valence-corrected chi connectivity index (χ2v) is 5.74. The van der Waals surface area contributed by atoms with Crippen molar-refractivity contribution in [3.8, 4) is 0 Å². The number of anilines is 1. The molecule has 3 heteroatoms. The highest BCUT2D eigenvalue weighted by Crippen LogP contribution is 2.24. The Balaban J connectivity index is 2.19. The van der Waals surface area contributed by atoms with E-state index in [1.165, 1.54) is 0 Å². The highest BCUT2D eigenvalue weighted by atomic mass is 19.1. The van der Waals surface area contributed by atoms with E-state index < -0.39 is 0 Å². The summed E-state index contributed by atoms with van der Waals surface area (Å²) in [5.41, 5.74) is 1.83. The van der Waals surface area contributed by atoms with Gasteiger partial charge in [0.05, 0.1) is 0 Å². The number of rotatable bonds is 2. The van der Waals surface area contributed by atoms with Crippen LogP contribution >= 0.6 is 0 Å². The minimum atomic E-state index is -0.0996. The maximum Gasteiger partial charge on any atom is 0.128 e. The van der Waals surface area contributed by atoms with E-state index in [0.29, 0.717) is 12.0 Å². The third-order valence-corrected chi connectivity index (χ3v) is 4.11. The second kappa shape index (κ2) is 6.38. The largest absolute Gasteiger partial charge is 0.371 e. The Labute approximate surface area is 116 Å². The lowest BCUT2D eigenvalue weighted by atomic mass is 10.0. The van der Waals surface area contributed by atoms with Crippen LogP contribution in [-0.4, -0.2) is 25.7 Å². The predicted molar refractivity (Wildman–Crippen MR) is 79.2 cm³/mol. The molecule has 0 radical (unpaired) electrons. The molecule has 1 aliphatic rings. The summed E-state index contributed by atoms with van der Waals surface area (Å²) in [6.07, 6.45) is 2.28. The molecule has 2 unspecified atom stereocenters. The monoisotopic (exact) mass is 264 g/mol. The average Bonchev–Trinajstić information content (AvgIpc) is 2.38. The van der Waals surface area contributed by atoms with E-state index >= 15 is 0 Å². The second-order valence-electron chi connectivity index (χ2n) is 5.74. The number of nitrogens with zero attached hydrogens (tertiary/aromatic N) is 1. The summed E-state index contributed by atoms with van der Waals surface area (Å²) in [5.74, 6) is 0.481. The molecule has 1 saturated heterocycles. The van der Waals surface area contributed by atoms with Crippen LogP contribution in [0.3, 0.4) is 0 Å². The van der Waals surface area contributed by atoms with Gasteiger partial charge in [-0.2, -0.15) is 0 Å². The molecule has 0 aliphatic carbocycles. The molecule has 0 spiro atoms. The molecule has 1 fully saturated rings. The molecular weight excluding hydrogens is 239 g/mol. The Hall–Kier alpha value is -1.09. The van der Waals surface area contributed by atoms with Gasteiger partial charge in [-0.15, -0.1) is 0 Å². The van der Waals surface area contributed by atoms with Crippen LogP contribution in [0.2, 0.25) is 0 Å². The van der Waals surface area contributed by atoms with Gasteiger partial charge in [0, 0.05) is 30.4 Å². The fourth-order valence-electron chi connectivity index (χ4n) is 2.82. The van der Waals surface area contributed by atoms with Gasteiger partial charge in [-0.1, -0.05) is 19.9 Å². The summed E-state index contributed by atoms with van der Waals surface area (Å²) < 4.78 is 13.7. The Morgan fingerprint density at radius 2 is 2.21 bits per heavy atom. The van der Waals surface area contributed by atoms with Crippen molar-refractivity contribution < 1.29 is 4.39 Å². The van der Waals surface area contributed by atoms with E-state index in [9.17, 15) is 4.39 Å². The maximum absolute atomic E-state index is 13.7. The molecule has 2 nitrogen and oxygen atoms in total. The van der Waals surface area contributed by atoms with Crippen LogP contribution in [0.4, 0.5) is 10.1 Å². The zero-order chi connectivity index (χ0) is 13.8. The van der Waals surface area contributed by atoms with E-state index in [1.54, 1.807) is 6.07 Å². The third kappa shape index (κ3) is 3.47. The SMILES string of the molecule is CCC1CCN(c2cccc(F)c2C)CC(C)CN1. The summed E-state index contributed by atoms with van der Waals surface area (Å²) in [6, 6.07) is 5.99. The highest BCUT2D eigenvalue weighted by Gasteiger charge is 2.19. The van der Waals surface area contributed by atoms with Crippen molar-refractivity contribution in [2.75, 3.05) is 24.5 Å². The number of halogens is 1. The number of benzene rings is 1. The number of hydrogen-bond donors (Lipinski definition) is 1. The smallest absolute Gasteiger partial charge is 0.128 e. The van der Waals surface area contributed by atoms with Crippen molar-refractivity contribution in [2.45, 2.75) is 39.7 Å². The van der Waals surface area contributed by atoms with Gasteiger partial charge in [-0.3, -0.25) is 0 Å². The van der Waals surface area contributed by atoms with Crippen LogP contribution in [0.5, 0.6) is 0 Å². The third-order valence-electron chi connectivity index (χ3n) is 4.11. The molecule has 1 aliphatic heterocycles. The first-order valence-electron chi connectivity index (χ1n) is 7.35. The van der Waals surface area contributed by atoms with Gasteiger partial charge in [0.2, 0.25) is 0 Å². The molecule has 0 amide bonds. The van der Waals surface area contributed by atoms with E-state index in [-0.39, 0.29) is 5.82 Å². The standard InChI is InChI=1S/C16H25FN2/c1-4-14-8-9-19(11-12(2)10-18-14)16-7-5-6-15(17)13(16)3/h5-7,12,14,18H,4,8-11H2,1-3H3. The van der Waals surface area contributed by atoms with Crippen LogP contribution in [0.25, 0.3) is 0 Å². The molecule has 19 heavy (non-hydrogen) atoms. The van der Waals surface area contributed by atoms with Gasteiger partial charge in [-0.25, -0.2) is 4.39 Å². The van der Waals surface area contributed by atoms with Gasteiger partial charge in [0.15, 0.2) is 0 Å². The normalized spacial score (nSPS) is 24.9. The molecule has 0 bridgehead atoms. The summed E-state index contributed by atoms with van der Waals surface area (Å²) in [7, 11) is 0. The van der Waals surface area contributed by atoms with Crippen molar-refractivity contribution in [1.82, 2.24) is 5.32 Å². The zero-order valence-corrected chi connectivity index (χ0v) is 12.2. The maximum atomic E-state index is 13.7. The first-order valence-corrected chi connectivity index (χ1v) is 7.35. The van der Waals surface area contributed by atoms with Crippen LogP contribution in [-0.2, 0) is 0 Å². The molecule has 106 valence electrons. The summed E-state index contributed by atoms with van der Waals surface area (Å²) in [4.78, 5) is 2.35. The number of hydrogen-bond acceptors (Lipinski definition) is 2. The quantitative estimate of drug-likeness (QED) is 0.881. The van der Waals surface area contributed by atoms with Crippen molar-refractivity contribution in [3.05, 3.63) is 29.6 Å². The molecule has 1 heterocycles. The van der Waals surface area contributed by atoms with E-state index in [4.69, 9.17) is 0 Å². The average molecular weight is 264 g/mol. The molecule has 1 N–H and O–H groups in total. The molecule has 2 rings (SSSR count). The molecular formula is C16H25FN2. The van der Waals surface area contributed by atoms with Gasteiger partial charge < -0.3 is 10.2 Å². The topological polar surface area (TPSA) is 15.3 Å². The van der Waals surface area contributed by atoms with Gasteiger partial charge >= 0.3 is 0 Å².